The van der Waals surface area contributed by atoms with Crippen molar-refractivity contribution in [3.05, 3.63) is 42.0 Å². The van der Waals surface area contributed by atoms with Crippen molar-refractivity contribution in [1.29, 1.82) is 0 Å². The Morgan fingerprint density at radius 3 is 2.75 bits per heavy atom. The zero-order valence-electron chi connectivity index (χ0n) is 10.7. The van der Waals surface area contributed by atoms with Crippen LogP contribution in [0.2, 0.25) is 0 Å². The smallest absolute Gasteiger partial charge is 0.294 e. The first-order valence-corrected chi connectivity index (χ1v) is 5.93. The van der Waals surface area contributed by atoms with Crippen molar-refractivity contribution >= 4 is 5.78 Å². The third kappa shape index (κ3) is 3.43. The maximum absolute atomic E-state index is 12.1. The number of pyridine rings is 1. The number of halogens is 3. The molecular weight excluding hydrogens is 271 g/mol. The van der Waals surface area contributed by atoms with E-state index in [0.717, 1.165) is 0 Å². The highest BCUT2D eigenvalue weighted by molar-refractivity contribution is 5.96. The SMILES string of the molecule is Cc1nn(-c2cccnc2)cc1C(=O)CCC(F)(F)F. The van der Waals surface area contributed by atoms with Crippen LogP contribution < -0.4 is 0 Å². The second-order valence-corrected chi connectivity index (χ2v) is 4.32. The van der Waals surface area contributed by atoms with Crippen LogP contribution in [0.15, 0.2) is 30.7 Å². The van der Waals surface area contributed by atoms with Gasteiger partial charge in [0.05, 0.1) is 29.6 Å². The highest BCUT2D eigenvalue weighted by Crippen LogP contribution is 2.23. The van der Waals surface area contributed by atoms with Gasteiger partial charge >= 0.3 is 6.18 Å². The third-order valence-corrected chi connectivity index (χ3v) is 2.75. The lowest BCUT2D eigenvalue weighted by Crippen LogP contribution is -2.11. The fourth-order valence-corrected chi connectivity index (χ4v) is 1.75. The molecule has 7 heteroatoms. The molecule has 0 unspecified atom stereocenters. The Kier molecular flexibility index (Phi) is 3.87. The summed E-state index contributed by atoms with van der Waals surface area (Å²) in [7, 11) is 0. The first-order valence-electron chi connectivity index (χ1n) is 5.93. The average molecular weight is 283 g/mol. The van der Waals surface area contributed by atoms with Crippen molar-refractivity contribution < 1.29 is 18.0 Å². The van der Waals surface area contributed by atoms with Gasteiger partial charge in [-0.2, -0.15) is 18.3 Å². The summed E-state index contributed by atoms with van der Waals surface area (Å²) in [6.45, 7) is 1.59. The van der Waals surface area contributed by atoms with E-state index in [-0.39, 0.29) is 5.56 Å². The number of hydrogen-bond acceptors (Lipinski definition) is 3. The van der Waals surface area contributed by atoms with Crippen LogP contribution in [0, 0.1) is 6.92 Å². The molecule has 0 saturated heterocycles. The van der Waals surface area contributed by atoms with Crippen molar-refractivity contribution in [2.24, 2.45) is 0 Å². The number of aryl methyl sites for hydroxylation is 1. The lowest BCUT2D eigenvalue weighted by atomic mass is 10.1. The van der Waals surface area contributed by atoms with Crippen LogP contribution >= 0.6 is 0 Å². The van der Waals surface area contributed by atoms with Crippen LogP contribution in [-0.2, 0) is 0 Å². The predicted molar refractivity (Wildman–Crippen MR) is 65.7 cm³/mol. The lowest BCUT2D eigenvalue weighted by molar-refractivity contribution is -0.133. The molecule has 0 saturated carbocycles. The highest BCUT2D eigenvalue weighted by Gasteiger charge is 2.28. The molecule has 106 valence electrons. The van der Waals surface area contributed by atoms with Gasteiger partial charge in [0.2, 0.25) is 0 Å². The molecule has 0 bridgehead atoms. The van der Waals surface area contributed by atoms with Gasteiger partial charge in [0, 0.05) is 18.8 Å². The van der Waals surface area contributed by atoms with Gasteiger partial charge in [-0.15, -0.1) is 0 Å². The van der Waals surface area contributed by atoms with E-state index in [1.165, 1.54) is 10.9 Å². The molecule has 4 nitrogen and oxygen atoms in total. The van der Waals surface area contributed by atoms with Crippen LogP contribution in [0.1, 0.15) is 28.9 Å². The van der Waals surface area contributed by atoms with Crippen LogP contribution in [0.25, 0.3) is 5.69 Å². The van der Waals surface area contributed by atoms with Gasteiger partial charge in [0.25, 0.3) is 0 Å². The first kappa shape index (κ1) is 14.2. The van der Waals surface area contributed by atoms with Crippen molar-refractivity contribution in [2.75, 3.05) is 0 Å². The summed E-state index contributed by atoms with van der Waals surface area (Å²) in [5.41, 5.74) is 1.25. The Bertz CT molecular complexity index is 605. The van der Waals surface area contributed by atoms with Crippen molar-refractivity contribution in [1.82, 2.24) is 14.8 Å². The highest BCUT2D eigenvalue weighted by atomic mass is 19.4. The summed E-state index contributed by atoms with van der Waals surface area (Å²) < 4.78 is 37.8. The quantitative estimate of drug-likeness (QED) is 0.810. The Labute approximate surface area is 113 Å². The monoisotopic (exact) mass is 283 g/mol. The fourth-order valence-electron chi connectivity index (χ4n) is 1.75. The number of Topliss-reactive ketones (excluding diaryl/α,β-unsaturated/α-hetero) is 1. The molecule has 0 N–H and O–H groups in total. The van der Waals surface area contributed by atoms with E-state index in [9.17, 15) is 18.0 Å². The standard InChI is InChI=1S/C13H12F3N3O/c1-9-11(12(20)4-5-13(14,15)16)8-19(18-9)10-3-2-6-17-7-10/h2-3,6-8H,4-5H2,1H3. The van der Waals surface area contributed by atoms with Crippen LogP contribution in [0.4, 0.5) is 13.2 Å². The molecule has 0 atom stereocenters. The number of carbonyl (C=O) groups excluding carboxylic acids is 1. The van der Waals surface area contributed by atoms with Crippen LogP contribution in [-0.4, -0.2) is 26.7 Å². The molecule has 0 fully saturated rings. The molecular formula is C13H12F3N3O. The molecule has 0 aliphatic rings. The molecule has 2 aromatic rings. The van der Waals surface area contributed by atoms with Gasteiger partial charge in [0.15, 0.2) is 5.78 Å². The Morgan fingerprint density at radius 2 is 2.15 bits per heavy atom. The zero-order valence-corrected chi connectivity index (χ0v) is 10.7. The maximum atomic E-state index is 12.1. The summed E-state index contributed by atoms with van der Waals surface area (Å²) in [5, 5.41) is 4.12. The van der Waals surface area contributed by atoms with E-state index in [1.54, 1.807) is 31.5 Å². The van der Waals surface area contributed by atoms with Gasteiger partial charge in [-0.3, -0.25) is 9.78 Å². The van der Waals surface area contributed by atoms with E-state index in [4.69, 9.17) is 0 Å². The number of nitrogens with zero attached hydrogens (tertiary/aromatic N) is 3. The number of rotatable bonds is 4. The zero-order chi connectivity index (χ0) is 14.8. The number of aromatic nitrogens is 3. The largest absolute Gasteiger partial charge is 0.389 e. The van der Waals surface area contributed by atoms with Gasteiger partial charge in [-0.1, -0.05) is 0 Å². The Balaban J connectivity index is 2.18. The minimum absolute atomic E-state index is 0.207. The van der Waals surface area contributed by atoms with E-state index < -0.39 is 24.8 Å². The summed E-state index contributed by atoms with van der Waals surface area (Å²) in [6.07, 6.45) is -1.44. The van der Waals surface area contributed by atoms with E-state index in [0.29, 0.717) is 11.4 Å². The van der Waals surface area contributed by atoms with Crippen molar-refractivity contribution in [3.8, 4) is 5.69 Å². The first-order chi connectivity index (χ1) is 9.37. The van der Waals surface area contributed by atoms with Gasteiger partial charge in [-0.25, -0.2) is 4.68 Å². The van der Waals surface area contributed by atoms with E-state index in [1.807, 2.05) is 0 Å². The Hall–Kier alpha value is -2.18. The summed E-state index contributed by atoms with van der Waals surface area (Å²) in [4.78, 5) is 15.7. The van der Waals surface area contributed by atoms with Gasteiger partial charge in [0.1, 0.15) is 0 Å². The second kappa shape index (κ2) is 5.44. The summed E-state index contributed by atoms with van der Waals surface area (Å²) in [6, 6.07) is 3.45. The van der Waals surface area contributed by atoms with Crippen molar-refractivity contribution in [2.45, 2.75) is 25.9 Å². The molecule has 2 aromatic heterocycles. The topological polar surface area (TPSA) is 47.8 Å². The van der Waals surface area contributed by atoms with Crippen LogP contribution in [0.5, 0.6) is 0 Å². The van der Waals surface area contributed by atoms with E-state index >= 15 is 0 Å². The number of ketones is 1. The van der Waals surface area contributed by atoms with Gasteiger partial charge in [-0.05, 0) is 19.1 Å². The Morgan fingerprint density at radius 1 is 1.40 bits per heavy atom. The minimum Gasteiger partial charge on any atom is -0.294 e. The molecule has 0 spiro atoms. The molecule has 0 aromatic carbocycles. The molecule has 0 amide bonds. The fraction of sp³-hybridized carbons (Fsp3) is 0.308. The number of alkyl halides is 3. The molecule has 0 radical (unpaired) electrons. The number of hydrogen-bond donors (Lipinski definition) is 0. The van der Waals surface area contributed by atoms with Crippen LogP contribution in [0.3, 0.4) is 0 Å². The van der Waals surface area contributed by atoms with Crippen molar-refractivity contribution in [3.63, 3.8) is 0 Å². The molecule has 0 aliphatic heterocycles. The normalized spacial score (nSPS) is 11.6. The minimum atomic E-state index is -4.33. The third-order valence-electron chi connectivity index (χ3n) is 2.75. The second-order valence-electron chi connectivity index (χ2n) is 4.32. The van der Waals surface area contributed by atoms with E-state index in [2.05, 4.69) is 10.1 Å². The molecule has 20 heavy (non-hydrogen) atoms. The summed E-state index contributed by atoms with van der Waals surface area (Å²) >= 11 is 0. The number of carbonyl (C=O) groups is 1. The average Bonchev–Trinajstić information content (AvgIpc) is 2.78. The lowest BCUT2D eigenvalue weighted by Gasteiger charge is -2.04. The predicted octanol–water partition coefficient (Wildman–Crippen LogP) is 3.10. The maximum Gasteiger partial charge on any atom is 0.389 e. The molecule has 2 heterocycles. The van der Waals surface area contributed by atoms with Gasteiger partial charge < -0.3 is 0 Å². The molecule has 0 aliphatic carbocycles. The summed E-state index contributed by atoms with van der Waals surface area (Å²) in [5.74, 6) is -0.560. The molecule has 2 rings (SSSR count).